The van der Waals surface area contributed by atoms with Crippen LogP contribution in [0.25, 0.3) is 10.4 Å². The number of hydrogen-bond acceptors (Lipinski definition) is 7. The summed E-state index contributed by atoms with van der Waals surface area (Å²) in [6.07, 6.45) is -0.670. The minimum Gasteiger partial charge on any atom is -0.391 e. The SMILES string of the molecule is CCOCC(=O)N[C@@H](C(=O)N1C[C@@H](O)C[C@@H]1C(=O)NCc1ccc(-c2scnc2C)cc1)C(C)(C)C. The monoisotopic (exact) mass is 516 g/mol. The van der Waals surface area contributed by atoms with E-state index in [1.807, 2.05) is 57.5 Å². The van der Waals surface area contributed by atoms with Crippen molar-refractivity contribution in [3.63, 3.8) is 0 Å². The van der Waals surface area contributed by atoms with E-state index in [9.17, 15) is 19.5 Å². The van der Waals surface area contributed by atoms with Crippen molar-refractivity contribution in [1.29, 1.82) is 0 Å². The van der Waals surface area contributed by atoms with E-state index in [1.165, 1.54) is 4.90 Å². The minimum atomic E-state index is -0.867. The van der Waals surface area contributed by atoms with Gasteiger partial charge in [-0.15, -0.1) is 11.3 Å². The third kappa shape index (κ3) is 6.89. The maximum Gasteiger partial charge on any atom is 0.246 e. The summed E-state index contributed by atoms with van der Waals surface area (Å²) in [5.74, 6) is -1.13. The topological polar surface area (TPSA) is 121 Å². The summed E-state index contributed by atoms with van der Waals surface area (Å²) in [5.41, 5.74) is 4.18. The number of hydrogen-bond donors (Lipinski definition) is 3. The summed E-state index contributed by atoms with van der Waals surface area (Å²) in [4.78, 5) is 45.6. The van der Waals surface area contributed by atoms with E-state index in [4.69, 9.17) is 4.74 Å². The largest absolute Gasteiger partial charge is 0.391 e. The van der Waals surface area contributed by atoms with E-state index in [1.54, 1.807) is 18.3 Å². The van der Waals surface area contributed by atoms with Crippen LogP contribution >= 0.6 is 11.3 Å². The first-order chi connectivity index (χ1) is 17.0. The molecule has 1 aromatic carbocycles. The molecule has 9 nitrogen and oxygen atoms in total. The molecule has 1 aliphatic rings. The van der Waals surface area contributed by atoms with Gasteiger partial charge in [-0.1, -0.05) is 45.0 Å². The molecule has 0 radical (unpaired) electrons. The zero-order valence-corrected chi connectivity index (χ0v) is 22.4. The Morgan fingerprint density at radius 2 is 1.94 bits per heavy atom. The number of aromatic nitrogens is 1. The lowest BCUT2D eigenvalue weighted by atomic mass is 9.85. The van der Waals surface area contributed by atoms with Crippen molar-refractivity contribution in [1.82, 2.24) is 20.5 Å². The minimum absolute atomic E-state index is 0.0354. The highest BCUT2D eigenvalue weighted by atomic mass is 32.1. The molecule has 1 aromatic heterocycles. The van der Waals surface area contributed by atoms with Crippen LogP contribution in [0, 0.1) is 12.3 Å². The maximum absolute atomic E-state index is 13.5. The Hall–Kier alpha value is -2.82. The van der Waals surface area contributed by atoms with Gasteiger partial charge in [0.15, 0.2) is 0 Å². The molecule has 0 saturated carbocycles. The van der Waals surface area contributed by atoms with Gasteiger partial charge >= 0.3 is 0 Å². The summed E-state index contributed by atoms with van der Waals surface area (Å²) in [7, 11) is 0. The highest BCUT2D eigenvalue weighted by Crippen LogP contribution is 2.28. The van der Waals surface area contributed by atoms with Gasteiger partial charge < -0.3 is 25.4 Å². The Balaban J connectivity index is 1.66. The fourth-order valence-electron chi connectivity index (χ4n) is 4.18. The molecule has 1 aliphatic heterocycles. The number of nitrogens with one attached hydrogen (secondary N) is 2. The number of rotatable bonds is 9. The van der Waals surface area contributed by atoms with E-state index in [0.717, 1.165) is 21.7 Å². The third-order valence-electron chi connectivity index (χ3n) is 6.15. The van der Waals surface area contributed by atoms with Crippen LogP contribution < -0.4 is 10.6 Å². The summed E-state index contributed by atoms with van der Waals surface area (Å²) >= 11 is 1.58. The molecular formula is C26H36N4O5S. The van der Waals surface area contributed by atoms with Crippen LogP contribution in [-0.4, -0.2) is 70.7 Å². The predicted octanol–water partition coefficient (Wildman–Crippen LogP) is 2.26. The molecule has 1 saturated heterocycles. The van der Waals surface area contributed by atoms with Gasteiger partial charge in [-0.2, -0.15) is 0 Å². The first kappa shape index (κ1) is 27.8. The van der Waals surface area contributed by atoms with Gasteiger partial charge in [0.1, 0.15) is 18.7 Å². The highest BCUT2D eigenvalue weighted by molar-refractivity contribution is 7.13. The van der Waals surface area contributed by atoms with Gasteiger partial charge in [0.2, 0.25) is 17.7 Å². The molecule has 3 atom stereocenters. The second-order valence-corrected chi connectivity index (χ2v) is 10.9. The van der Waals surface area contributed by atoms with Crippen molar-refractivity contribution in [2.75, 3.05) is 19.8 Å². The van der Waals surface area contributed by atoms with Crippen molar-refractivity contribution < 1.29 is 24.2 Å². The van der Waals surface area contributed by atoms with Gasteiger partial charge in [-0.05, 0) is 30.4 Å². The Bertz CT molecular complexity index is 1060. The number of benzene rings is 1. The number of likely N-dealkylation sites (tertiary alicyclic amines) is 1. The average Bonchev–Trinajstić information content (AvgIpc) is 3.44. The van der Waals surface area contributed by atoms with E-state index in [2.05, 4.69) is 15.6 Å². The number of ether oxygens (including phenoxy) is 1. The molecule has 2 aromatic rings. The maximum atomic E-state index is 13.5. The number of aliphatic hydroxyl groups is 1. The number of aryl methyl sites for hydroxylation is 1. The molecule has 0 spiro atoms. The molecule has 10 heteroatoms. The normalized spacial score (nSPS) is 18.7. The molecule has 0 aliphatic carbocycles. The molecule has 1 fully saturated rings. The fourth-order valence-corrected chi connectivity index (χ4v) is 4.99. The van der Waals surface area contributed by atoms with Crippen molar-refractivity contribution >= 4 is 29.1 Å². The second kappa shape index (κ2) is 11.9. The number of aliphatic hydroxyl groups excluding tert-OH is 1. The lowest BCUT2D eigenvalue weighted by molar-refractivity contribution is -0.144. The summed E-state index contributed by atoms with van der Waals surface area (Å²) in [6.45, 7) is 9.85. The summed E-state index contributed by atoms with van der Waals surface area (Å²) in [5, 5.41) is 15.9. The summed E-state index contributed by atoms with van der Waals surface area (Å²) in [6, 6.07) is 6.20. The van der Waals surface area contributed by atoms with Gasteiger partial charge in [-0.25, -0.2) is 4.98 Å². The Kier molecular flexibility index (Phi) is 9.21. The lowest BCUT2D eigenvalue weighted by Gasteiger charge is -2.35. The first-order valence-electron chi connectivity index (χ1n) is 12.1. The first-order valence-corrected chi connectivity index (χ1v) is 13.0. The third-order valence-corrected chi connectivity index (χ3v) is 7.13. The molecule has 3 rings (SSSR count). The van der Waals surface area contributed by atoms with Gasteiger partial charge in [0.25, 0.3) is 0 Å². The van der Waals surface area contributed by atoms with Gasteiger partial charge in [0, 0.05) is 26.1 Å². The standard InChI is InChI=1S/C26H36N4O5S/c1-6-35-14-21(32)29-23(26(3,4)5)25(34)30-13-19(31)11-20(30)24(33)27-12-17-7-9-18(10-8-17)22-16(2)28-15-36-22/h7-10,15,19-20,23,31H,6,11-14H2,1-5H3,(H,27,33)(H,29,32)/t19-,20+,23-/m0/s1. The molecule has 36 heavy (non-hydrogen) atoms. The Morgan fingerprint density at radius 3 is 2.53 bits per heavy atom. The van der Waals surface area contributed by atoms with Crippen LogP contribution in [0.5, 0.6) is 0 Å². The van der Waals surface area contributed by atoms with E-state index >= 15 is 0 Å². The zero-order valence-electron chi connectivity index (χ0n) is 21.5. The average molecular weight is 517 g/mol. The molecule has 2 heterocycles. The van der Waals surface area contributed by atoms with Crippen LogP contribution in [0.4, 0.5) is 0 Å². The Labute approximate surface area is 216 Å². The highest BCUT2D eigenvalue weighted by Gasteiger charge is 2.44. The van der Waals surface area contributed by atoms with Gasteiger partial charge in [-0.3, -0.25) is 14.4 Å². The van der Waals surface area contributed by atoms with Crippen molar-refractivity contribution in [3.8, 4) is 10.4 Å². The summed E-state index contributed by atoms with van der Waals surface area (Å²) < 4.78 is 5.15. The molecular weight excluding hydrogens is 480 g/mol. The number of thiazole rings is 1. The van der Waals surface area contributed by atoms with Crippen LogP contribution in [-0.2, 0) is 25.7 Å². The molecule has 196 valence electrons. The van der Waals surface area contributed by atoms with Crippen molar-refractivity contribution in [2.24, 2.45) is 5.41 Å². The van der Waals surface area contributed by atoms with E-state index in [-0.39, 0.29) is 25.5 Å². The number of carbonyl (C=O) groups is 3. The number of amides is 3. The van der Waals surface area contributed by atoms with Crippen molar-refractivity contribution in [3.05, 3.63) is 41.0 Å². The zero-order chi connectivity index (χ0) is 26.5. The lowest BCUT2D eigenvalue weighted by Crippen LogP contribution is -2.58. The predicted molar refractivity (Wildman–Crippen MR) is 138 cm³/mol. The van der Waals surface area contributed by atoms with Gasteiger partial charge in [0.05, 0.1) is 22.2 Å². The van der Waals surface area contributed by atoms with Crippen LogP contribution in [0.1, 0.15) is 45.4 Å². The van der Waals surface area contributed by atoms with E-state index < -0.39 is 35.4 Å². The number of nitrogens with zero attached hydrogens (tertiary/aromatic N) is 2. The van der Waals surface area contributed by atoms with Crippen LogP contribution in [0.15, 0.2) is 29.8 Å². The molecule has 3 amide bonds. The Morgan fingerprint density at radius 1 is 1.25 bits per heavy atom. The van der Waals surface area contributed by atoms with Crippen LogP contribution in [0.2, 0.25) is 0 Å². The van der Waals surface area contributed by atoms with E-state index in [0.29, 0.717) is 13.2 Å². The molecule has 0 bridgehead atoms. The molecule has 0 unspecified atom stereocenters. The molecule has 3 N–H and O–H groups in total. The number of β-amino-alcohol motifs (C(OH)–C–C–N with tert-alkyl or cyclic N) is 1. The van der Waals surface area contributed by atoms with Crippen LogP contribution in [0.3, 0.4) is 0 Å². The number of carbonyl (C=O) groups excluding carboxylic acids is 3. The smallest absolute Gasteiger partial charge is 0.246 e. The second-order valence-electron chi connectivity index (χ2n) is 10.1. The quantitative estimate of drug-likeness (QED) is 0.470. The van der Waals surface area contributed by atoms with Crippen molar-refractivity contribution in [2.45, 2.75) is 65.8 Å². The fraction of sp³-hybridized carbons (Fsp3) is 0.538.